The van der Waals surface area contributed by atoms with Gasteiger partial charge in [0, 0.05) is 17.9 Å². The normalized spacial score (nSPS) is 9.83. The van der Waals surface area contributed by atoms with Gasteiger partial charge in [-0.15, -0.1) is 0 Å². The summed E-state index contributed by atoms with van der Waals surface area (Å²) in [4.78, 5) is 21.6. The largest absolute Gasteiger partial charge is 0.461 e. The van der Waals surface area contributed by atoms with E-state index in [9.17, 15) is 9.59 Å². The summed E-state index contributed by atoms with van der Waals surface area (Å²) < 4.78 is 9.74. The predicted molar refractivity (Wildman–Crippen MR) is 92.5 cm³/mol. The second kappa shape index (κ2) is 10.4. The molecule has 0 radical (unpaired) electrons. The summed E-state index contributed by atoms with van der Waals surface area (Å²) in [5.41, 5.74) is 1.51. The fourth-order valence-electron chi connectivity index (χ4n) is 1.93. The van der Waals surface area contributed by atoms with Crippen LogP contribution in [0.5, 0.6) is 0 Å². The third-order valence-electron chi connectivity index (χ3n) is 3.12. The monoisotopic (exact) mass is 316 g/mol. The number of carbonyl (C=O) groups is 1. The van der Waals surface area contributed by atoms with E-state index in [1.54, 1.807) is 12.1 Å². The Labute approximate surface area is 136 Å². The lowest BCUT2D eigenvalue weighted by Crippen LogP contribution is -2.03. The maximum absolute atomic E-state index is 10.8. The van der Waals surface area contributed by atoms with Crippen molar-refractivity contribution in [2.45, 2.75) is 39.5 Å². The molecule has 2 rings (SSSR count). The van der Waals surface area contributed by atoms with Gasteiger partial charge in [-0.05, 0) is 31.5 Å². The molecule has 0 saturated carbocycles. The van der Waals surface area contributed by atoms with Gasteiger partial charge in [0.05, 0.1) is 0 Å². The van der Waals surface area contributed by atoms with Crippen molar-refractivity contribution in [2.24, 2.45) is 0 Å². The summed E-state index contributed by atoms with van der Waals surface area (Å²) in [6.45, 7) is 7.90. The molecule has 0 unspecified atom stereocenters. The van der Waals surface area contributed by atoms with Crippen LogP contribution >= 0.6 is 0 Å². The first kappa shape index (κ1) is 18.7. The number of hydrogen-bond donors (Lipinski definition) is 0. The van der Waals surface area contributed by atoms with Gasteiger partial charge in [0.2, 0.25) is 0 Å². The van der Waals surface area contributed by atoms with E-state index < -0.39 is 0 Å². The van der Waals surface area contributed by atoms with Crippen molar-refractivity contribution in [3.63, 3.8) is 0 Å². The van der Waals surface area contributed by atoms with Gasteiger partial charge in [-0.25, -0.2) is 4.79 Å². The molecule has 0 fully saturated rings. The first-order valence-corrected chi connectivity index (χ1v) is 7.84. The number of unbranched alkanes of at least 4 members (excludes halogenated alkanes) is 2. The molecule has 0 spiro atoms. The number of rotatable bonds is 6. The van der Waals surface area contributed by atoms with Crippen LogP contribution < -0.4 is 5.63 Å². The zero-order valence-corrected chi connectivity index (χ0v) is 13.8. The Morgan fingerprint density at radius 2 is 2.04 bits per heavy atom. The Morgan fingerprint density at radius 1 is 1.26 bits per heavy atom. The van der Waals surface area contributed by atoms with Crippen molar-refractivity contribution in [3.05, 3.63) is 59.0 Å². The molecule has 23 heavy (non-hydrogen) atoms. The smallest absolute Gasteiger partial charge is 0.336 e. The van der Waals surface area contributed by atoms with Crippen molar-refractivity contribution < 1.29 is 13.9 Å². The van der Waals surface area contributed by atoms with Crippen LogP contribution in [-0.2, 0) is 9.53 Å². The van der Waals surface area contributed by atoms with Crippen LogP contribution in [-0.4, -0.2) is 12.6 Å². The summed E-state index contributed by atoms with van der Waals surface area (Å²) in [6, 6.07) is 8.92. The quantitative estimate of drug-likeness (QED) is 0.343. The van der Waals surface area contributed by atoms with Gasteiger partial charge in [-0.3, -0.25) is 4.79 Å². The summed E-state index contributed by atoms with van der Waals surface area (Å²) in [5, 5.41) is 0.967. The van der Waals surface area contributed by atoms with E-state index in [2.05, 4.69) is 13.5 Å². The summed E-state index contributed by atoms with van der Waals surface area (Å²) in [6.07, 6.45) is 5.30. The zero-order valence-electron chi connectivity index (χ0n) is 13.8. The van der Waals surface area contributed by atoms with Crippen LogP contribution in [0.1, 0.15) is 38.2 Å². The van der Waals surface area contributed by atoms with E-state index in [1.165, 1.54) is 6.07 Å². The molecule has 0 aliphatic carbocycles. The van der Waals surface area contributed by atoms with E-state index in [-0.39, 0.29) is 11.6 Å². The average molecular weight is 316 g/mol. The standard InChI is InChI=1S/C10H8O2.C9H16O2/c1-7-2-4-9-8(6-7)3-5-10(11)12-9;1-3-5-6-7-9(10)11-8-4-2/h2-6H,1H3;4H,2-3,5-8H2,1H3. The van der Waals surface area contributed by atoms with Crippen molar-refractivity contribution in [3.8, 4) is 0 Å². The number of fused-ring (bicyclic) bond motifs is 1. The number of benzene rings is 1. The first-order chi connectivity index (χ1) is 11.1. The fraction of sp³-hybridized carbons (Fsp3) is 0.368. The van der Waals surface area contributed by atoms with Gasteiger partial charge in [0.15, 0.2) is 0 Å². The molecule has 0 saturated heterocycles. The molecular weight excluding hydrogens is 292 g/mol. The molecule has 4 heteroatoms. The third kappa shape index (κ3) is 7.45. The second-order valence-corrected chi connectivity index (χ2v) is 5.22. The maximum Gasteiger partial charge on any atom is 0.336 e. The molecule has 1 aromatic carbocycles. The molecular formula is C19H24O4. The zero-order chi connectivity index (χ0) is 17.1. The highest BCUT2D eigenvalue weighted by atomic mass is 16.5. The van der Waals surface area contributed by atoms with Crippen molar-refractivity contribution in [1.82, 2.24) is 0 Å². The maximum atomic E-state index is 10.8. The Balaban J connectivity index is 0.000000232. The van der Waals surface area contributed by atoms with Gasteiger partial charge in [-0.2, -0.15) is 0 Å². The van der Waals surface area contributed by atoms with E-state index in [1.807, 2.05) is 25.1 Å². The Kier molecular flexibility index (Phi) is 8.43. The summed E-state index contributed by atoms with van der Waals surface area (Å²) in [5.74, 6) is -0.113. The molecule has 2 aromatic rings. The van der Waals surface area contributed by atoms with Crippen LogP contribution in [0.2, 0.25) is 0 Å². The lowest BCUT2D eigenvalue weighted by atomic mass is 10.2. The second-order valence-electron chi connectivity index (χ2n) is 5.22. The summed E-state index contributed by atoms with van der Waals surface area (Å²) in [7, 11) is 0. The Hall–Kier alpha value is -2.36. The SMILES string of the molecule is C=CCOC(=O)CCCCC.Cc1ccc2oc(=O)ccc2c1. The molecule has 0 N–H and O–H groups in total. The van der Waals surface area contributed by atoms with E-state index in [0.717, 1.165) is 30.2 Å². The van der Waals surface area contributed by atoms with Crippen molar-refractivity contribution >= 4 is 16.9 Å². The van der Waals surface area contributed by atoms with Crippen LogP contribution in [0.15, 0.2) is 52.2 Å². The summed E-state index contributed by atoms with van der Waals surface area (Å²) >= 11 is 0. The van der Waals surface area contributed by atoms with Crippen molar-refractivity contribution in [2.75, 3.05) is 6.61 Å². The lowest BCUT2D eigenvalue weighted by molar-refractivity contribution is -0.142. The highest BCUT2D eigenvalue weighted by Crippen LogP contribution is 2.12. The van der Waals surface area contributed by atoms with E-state index in [4.69, 9.17) is 9.15 Å². The highest BCUT2D eigenvalue weighted by Gasteiger charge is 1.99. The van der Waals surface area contributed by atoms with E-state index >= 15 is 0 Å². The minimum atomic E-state index is -0.300. The fourth-order valence-corrected chi connectivity index (χ4v) is 1.93. The molecule has 1 aromatic heterocycles. The van der Waals surface area contributed by atoms with E-state index in [0.29, 0.717) is 18.6 Å². The predicted octanol–water partition coefficient (Wildman–Crippen LogP) is 4.40. The molecule has 0 amide bonds. The van der Waals surface area contributed by atoms with Gasteiger partial charge in [0.25, 0.3) is 0 Å². The van der Waals surface area contributed by atoms with Gasteiger partial charge >= 0.3 is 11.6 Å². The van der Waals surface area contributed by atoms with Gasteiger partial charge in [0.1, 0.15) is 12.2 Å². The van der Waals surface area contributed by atoms with Crippen LogP contribution in [0.4, 0.5) is 0 Å². The number of carbonyl (C=O) groups excluding carboxylic acids is 1. The van der Waals surface area contributed by atoms with Crippen LogP contribution in [0, 0.1) is 6.92 Å². The van der Waals surface area contributed by atoms with Crippen LogP contribution in [0.25, 0.3) is 11.0 Å². The number of hydrogen-bond acceptors (Lipinski definition) is 4. The molecule has 0 aliphatic heterocycles. The molecule has 4 nitrogen and oxygen atoms in total. The Bertz CT molecular complexity index is 685. The molecule has 0 bridgehead atoms. The average Bonchev–Trinajstić information content (AvgIpc) is 2.54. The van der Waals surface area contributed by atoms with Crippen LogP contribution in [0.3, 0.4) is 0 Å². The molecule has 124 valence electrons. The molecule has 0 atom stereocenters. The number of esters is 1. The highest BCUT2D eigenvalue weighted by molar-refractivity contribution is 5.76. The minimum absolute atomic E-state index is 0.113. The topological polar surface area (TPSA) is 56.5 Å². The number of ether oxygens (including phenoxy) is 1. The number of aryl methyl sites for hydroxylation is 1. The Morgan fingerprint density at radius 3 is 2.74 bits per heavy atom. The van der Waals surface area contributed by atoms with Crippen molar-refractivity contribution in [1.29, 1.82) is 0 Å². The first-order valence-electron chi connectivity index (χ1n) is 7.84. The molecule has 1 heterocycles. The lowest BCUT2D eigenvalue weighted by Gasteiger charge is -1.99. The minimum Gasteiger partial charge on any atom is -0.461 e. The van der Waals surface area contributed by atoms with Gasteiger partial charge in [-0.1, -0.05) is 44.1 Å². The third-order valence-corrected chi connectivity index (χ3v) is 3.12. The molecule has 0 aliphatic rings. The van der Waals surface area contributed by atoms with Gasteiger partial charge < -0.3 is 9.15 Å².